The molecule has 0 unspecified atom stereocenters. The fraction of sp³-hybridized carbons (Fsp3) is 0.133. The number of hydrogen-bond acceptors (Lipinski definition) is 4. The molecule has 0 saturated carbocycles. The minimum Gasteiger partial charge on any atom is -0.477 e. The number of carbonyl (C=O) groups is 1. The van der Waals surface area contributed by atoms with Gasteiger partial charge in [0.1, 0.15) is 4.88 Å². The van der Waals surface area contributed by atoms with E-state index in [1.54, 1.807) is 6.20 Å². The maximum atomic E-state index is 11.8. The monoisotopic (exact) mass is 300 g/mol. The first-order chi connectivity index (χ1) is 10.1. The lowest BCUT2D eigenvalue weighted by molar-refractivity contribution is 0.0701. The van der Waals surface area contributed by atoms with Crippen molar-refractivity contribution in [3.63, 3.8) is 0 Å². The number of fused-ring (bicyclic) bond motifs is 1. The van der Waals surface area contributed by atoms with Crippen molar-refractivity contribution < 1.29 is 9.90 Å². The first-order valence-electron chi connectivity index (χ1n) is 6.33. The van der Waals surface area contributed by atoms with Gasteiger partial charge in [0.25, 0.3) is 0 Å². The molecule has 0 saturated heterocycles. The van der Waals surface area contributed by atoms with Crippen LogP contribution in [0.2, 0.25) is 0 Å². The number of rotatable bonds is 3. The molecule has 0 aliphatic carbocycles. The first-order valence-corrected chi connectivity index (χ1v) is 7.14. The molecule has 106 valence electrons. The Bertz CT molecular complexity index is 895. The maximum absolute atomic E-state index is 11.8. The lowest BCUT2D eigenvalue weighted by atomic mass is 10.1. The van der Waals surface area contributed by atoms with Crippen LogP contribution in [-0.4, -0.2) is 20.6 Å². The molecule has 5 nitrogen and oxygen atoms in total. The van der Waals surface area contributed by atoms with Gasteiger partial charge >= 0.3 is 11.7 Å². The zero-order valence-electron chi connectivity index (χ0n) is 11.2. The van der Waals surface area contributed by atoms with Crippen molar-refractivity contribution in [2.75, 3.05) is 0 Å². The van der Waals surface area contributed by atoms with Crippen molar-refractivity contribution >= 4 is 27.4 Å². The summed E-state index contributed by atoms with van der Waals surface area (Å²) in [5.41, 5.74) is 1.12. The smallest absolute Gasteiger partial charge is 0.347 e. The average molecular weight is 300 g/mol. The Morgan fingerprint density at radius 3 is 2.90 bits per heavy atom. The van der Waals surface area contributed by atoms with E-state index in [2.05, 4.69) is 4.98 Å². The summed E-state index contributed by atoms with van der Waals surface area (Å²) in [5.74, 6) is -0.972. The SMILES string of the molecule is Cc1cnc(=O)n(Cc2c(C(=O)O)sc3ccccc23)c1. The molecule has 0 aliphatic rings. The largest absolute Gasteiger partial charge is 0.477 e. The second-order valence-electron chi connectivity index (χ2n) is 4.75. The summed E-state index contributed by atoms with van der Waals surface area (Å²) in [6.07, 6.45) is 3.19. The topological polar surface area (TPSA) is 72.2 Å². The van der Waals surface area contributed by atoms with Crippen LogP contribution in [0.15, 0.2) is 41.5 Å². The molecule has 0 bridgehead atoms. The minimum atomic E-state index is -0.972. The van der Waals surface area contributed by atoms with Crippen molar-refractivity contribution in [2.24, 2.45) is 0 Å². The van der Waals surface area contributed by atoms with E-state index < -0.39 is 5.97 Å². The van der Waals surface area contributed by atoms with Crippen LogP contribution in [0.25, 0.3) is 10.1 Å². The molecule has 3 rings (SSSR count). The predicted octanol–water partition coefficient (Wildman–Crippen LogP) is 2.51. The average Bonchev–Trinajstić information content (AvgIpc) is 2.82. The molecular formula is C15H12N2O3S. The van der Waals surface area contributed by atoms with Crippen molar-refractivity contribution in [3.05, 3.63) is 63.1 Å². The van der Waals surface area contributed by atoms with Crippen LogP contribution in [0.1, 0.15) is 20.8 Å². The molecule has 0 radical (unpaired) electrons. The summed E-state index contributed by atoms with van der Waals surface area (Å²) in [6.45, 7) is 2.05. The molecule has 0 atom stereocenters. The Labute approximate surface area is 124 Å². The highest BCUT2D eigenvalue weighted by atomic mass is 32.1. The second-order valence-corrected chi connectivity index (χ2v) is 5.81. The molecule has 0 spiro atoms. The van der Waals surface area contributed by atoms with Crippen LogP contribution >= 0.6 is 11.3 Å². The maximum Gasteiger partial charge on any atom is 0.347 e. The lowest BCUT2D eigenvalue weighted by Crippen LogP contribution is -2.23. The van der Waals surface area contributed by atoms with Gasteiger partial charge in [0.15, 0.2) is 0 Å². The summed E-state index contributed by atoms with van der Waals surface area (Å²) < 4.78 is 2.34. The van der Waals surface area contributed by atoms with Crippen LogP contribution in [0.3, 0.4) is 0 Å². The third-order valence-electron chi connectivity index (χ3n) is 3.20. The van der Waals surface area contributed by atoms with E-state index in [1.165, 1.54) is 22.1 Å². The minimum absolute atomic E-state index is 0.208. The van der Waals surface area contributed by atoms with Crippen molar-refractivity contribution in [1.29, 1.82) is 0 Å². The van der Waals surface area contributed by atoms with Gasteiger partial charge in [0.2, 0.25) is 0 Å². The number of carboxylic acid groups (broad SMARTS) is 1. The number of aromatic nitrogens is 2. The molecule has 2 aromatic heterocycles. The molecule has 0 fully saturated rings. The van der Waals surface area contributed by atoms with Gasteiger partial charge in [0.05, 0.1) is 6.54 Å². The molecule has 21 heavy (non-hydrogen) atoms. The van der Waals surface area contributed by atoms with Gasteiger partial charge < -0.3 is 5.11 Å². The van der Waals surface area contributed by atoms with Crippen molar-refractivity contribution in [1.82, 2.24) is 9.55 Å². The highest BCUT2D eigenvalue weighted by molar-refractivity contribution is 7.21. The Balaban J connectivity index is 2.19. The van der Waals surface area contributed by atoms with Crippen molar-refractivity contribution in [3.8, 4) is 0 Å². The standard InChI is InChI=1S/C15H12N2O3S/c1-9-6-16-15(20)17(7-9)8-11-10-4-2-3-5-12(10)21-13(11)14(18)19/h2-7H,8H2,1H3,(H,18,19). The lowest BCUT2D eigenvalue weighted by Gasteiger charge is -2.06. The third-order valence-corrected chi connectivity index (χ3v) is 4.41. The van der Waals surface area contributed by atoms with Gasteiger partial charge in [-0.25, -0.2) is 14.6 Å². The quantitative estimate of drug-likeness (QED) is 0.806. The number of benzene rings is 1. The highest BCUT2D eigenvalue weighted by Gasteiger charge is 2.18. The number of aryl methyl sites for hydroxylation is 1. The molecule has 0 aliphatic heterocycles. The van der Waals surface area contributed by atoms with Gasteiger partial charge in [-0.2, -0.15) is 0 Å². The Morgan fingerprint density at radius 2 is 2.14 bits per heavy atom. The summed E-state index contributed by atoms with van der Waals surface area (Å²) in [4.78, 5) is 27.3. The Hall–Kier alpha value is -2.47. The number of thiophene rings is 1. The summed E-state index contributed by atoms with van der Waals surface area (Å²) in [6, 6.07) is 7.49. The van der Waals surface area contributed by atoms with Gasteiger partial charge in [-0.1, -0.05) is 18.2 Å². The highest BCUT2D eigenvalue weighted by Crippen LogP contribution is 2.31. The molecule has 1 aromatic carbocycles. The van der Waals surface area contributed by atoms with Gasteiger partial charge in [0, 0.05) is 22.7 Å². The summed E-state index contributed by atoms with van der Waals surface area (Å²) >= 11 is 1.23. The fourth-order valence-electron chi connectivity index (χ4n) is 2.28. The van der Waals surface area contributed by atoms with Crippen LogP contribution in [0.5, 0.6) is 0 Å². The summed E-state index contributed by atoms with van der Waals surface area (Å²) in [7, 11) is 0. The number of hydrogen-bond donors (Lipinski definition) is 1. The Morgan fingerprint density at radius 1 is 1.38 bits per heavy atom. The van der Waals surface area contributed by atoms with Gasteiger partial charge in [-0.15, -0.1) is 11.3 Å². The molecule has 6 heteroatoms. The molecular weight excluding hydrogens is 288 g/mol. The molecule has 3 aromatic rings. The van der Waals surface area contributed by atoms with E-state index in [4.69, 9.17) is 0 Å². The van der Waals surface area contributed by atoms with E-state index >= 15 is 0 Å². The van der Waals surface area contributed by atoms with E-state index in [-0.39, 0.29) is 17.1 Å². The van der Waals surface area contributed by atoms with E-state index in [0.29, 0.717) is 5.56 Å². The number of nitrogens with zero attached hydrogens (tertiary/aromatic N) is 2. The second kappa shape index (κ2) is 5.14. The first kappa shape index (κ1) is 13.5. The Kier molecular flexibility index (Phi) is 3.31. The molecule has 1 N–H and O–H groups in total. The molecule has 0 amide bonds. The predicted molar refractivity (Wildman–Crippen MR) is 81.1 cm³/mol. The van der Waals surface area contributed by atoms with Crippen LogP contribution < -0.4 is 5.69 Å². The zero-order valence-corrected chi connectivity index (χ0v) is 12.1. The summed E-state index contributed by atoms with van der Waals surface area (Å²) in [5, 5.41) is 10.2. The van der Waals surface area contributed by atoms with E-state index in [1.807, 2.05) is 31.2 Å². The van der Waals surface area contributed by atoms with Gasteiger partial charge in [-0.05, 0) is 23.9 Å². The van der Waals surface area contributed by atoms with Crippen LogP contribution in [0, 0.1) is 6.92 Å². The van der Waals surface area contributed by atoms with Gasteiger partial charge in [-0.3, -0.25) is 4.57 Å². The number of carboxylic acids is 1. The fourth-order valence-corrected chi connectivity index (χ4v) is 3.33. The third kappa shape index (κ3) is 2.45. The molecule has 2 heterocycles. The van der Waals surface area contributed by atoms with E-state index in [9.17, 15) is 14.7 Å². The van der Waals surface area contributed by atoms with E-state index in [0.717, 1.165) is 15.6 Å². The number of aromatic carboxylic acids is 1. The van der Waals surface area contributed by atoms with Crippen LogP contribution in [0.4, 0.5) is 0 Å². The van der Waals surface area contributed by atoms with Crippen LogP contribution in [-0.2, 0) is 6.54 Å². The van der Waals surface area contributed by atoms with Crippen molar-refractivity contribution in [2.45, 2.75) is 13.5 Å². The normalized spacial score (nSPS) is 10.9. The zero-order chi connectivity index (χ0) is 15.0.